The fourth-order valence-electron chi connectivity index (χ4n) is 2.19. The highest BCUT2D eigenvalue weighted by Gasteiger charge is 2.43. The second-order valence-corrected chi connectivity index (χ2v) is 6.52. The molecule has 0 saturated carbocycles. The molecule has 1 atom stereocenters. The lowest BCUT2D eigenvalue weighted by atomic mass is 9.98. The summed E-state index contributed by atoms with van der Waals surface area (Å²) in [4.78, 5) is 23.8. The zero-order valence-electron chi connectivity index (χ0n) is 11.9. The maximum Gasteiger partial charge on any atom is 0.330 e. The standard InChI is InChI=1S/C14H19NO4S/c1-8(2)11-6-10(9(3)19-11)12(16)15-14(13(17)18)4-5-20-7-14/h6,8H,4-5,7H2,1-3H3,(H,15,16)(H,17,18). The van der Waals surface area contributed by atoms with Crippen molar-refractivity contribution in [1.29, 1.82) is 0 Å². The van der Waals surface area contributed by atoms with E-state index in [0.29, 0.717) is 23.5 Å². The maximum absolute atomic E-state index is 12.3. The molecule has 0 aromatic carbocycles. The summed E-state index contributed by atoms with van der Waals surface area (Å²) in [6, 6.07) is 1.70. The van der Waals surface area contributed by atoms with Gasteiger partial charge in [0.1, 0.15) is 17.1 Å². The summed E-state index contributed by atoms with van der Waals surface area (Å²) in [7, 11) is 0. The third-order valence-electron chi connectivity index (χ3n) is 3.53. The first-order chi connectivity index (χ1) is 9.35. The zero-order valence-corrected chi connectivity index (χ0v) is 12.7. The van der Waals surface area contributed by atoms with E-state index in [1.54, 1.807) is 24.8 Å². The fourth-order valence-corrected chi connectivity index (χ4v) is 3.51. The number of carbonyl (C=O) groups excluding carboxylic acids is 1. The lowest BCUT2D eigenvalue weighted by molar-refractivity contribution is -0.143. The summed E-state index contributed by atoms with van der Waals surface area (Å²) >= 11 is 1.54. The topological polar surface area (TPSA) is 79.5 Å². The summed E-state index contributed by atoms with van der Waals surface area (Å²) in [5.41, 5.74) is -0.727. The van der Waals surface area contributed by atoms with Crippen LogP contribution in [0.1, 0.15) is 48.1 Å². The smallest absolute Gasteiger partial charge is 0.330 e. The lowest BCUT2D eigenvalue weighted by Crippen LogP contribution is -2.54. The van der Waals surface area contributed by atoms with Crippen LogP contribution in [-0.4, -0.2) is 34.0 Å². The van der Waals surface area contributed by atoms with Crippen LogP contribution in [0, 0.1) is 6.92 Å². The highest BCUT2D eigenvalue weighted by molar-refractivity contribution is 7.99. The van der Waals surface area contributed by atoms with Gasteiger partial charge in [-0.15, -0.1) is 0 Å². The van der Waals surface area contributed by atoms with Crippen LogP contribution in [0.5, 0.6) is 0 Å². The molecule has 110 valence electrons. The van der Waals surface area contributed by atoms with Crippen LogP contribution in [0.2, 0.25) is 0 Å². The normalized spacial score (nSPS) is 22.2. The molecule has 1 aliphatic rings. The van der Waals surface area contributed by atoms with E-state index < -0.39 is 11.5 Å². The number of hydrogen-bond acceptors (Lipinski definition) is 4. The average molecular weight is 297 g/mol. The van der Waals surface area contributed by atoms with Gasteiger partial charge in [0.25, 0.3) is 5.91 Å². The molecule has 1 saturated heterocycles. The predicted molar refractivity (Wildman–Crippen MR) is 77.3 cm³/mol. The molecule has 1 amide bonds. The minimum Gasteiger partial charge on any atom is -0.479 e. The Balaban J connectivity index is 2.21. The number of furan rings is 1. The van der Waals surface area contributed by atoms with Crippen LogP contribution in [0.15, 0.2) is 10.5 Å². The first-order valence-corrected chi connectivity index (χ1v) is 7.75. The Hall–Kier alpha value is -1.43. The van der Waals surface area contributed by atoms with Gasteiger partial charge in [-0.1, -0.05) is 13.8 Å². The SMILES string of the molecule is Cc1oc(C(C)C)cc1C(=O)NC1(C(=O)O)CCSC1. The number of carboxylic acids is 1. The summed E-state index contributed by atoms with van der Waals surface area (Å²) in [6.45, 7) is 5.68. The number of aryl methyl sites for hydroxylation is 1. The van der Waals surface area contributed by atoms with Gasteiger partial charge in [0, 0.05) is 11.7 Å². The van der Waals surface area contributed by atoms with Gasteiger partial charge in [-0.25, -0.2) is 4.79 Å². The Bertz CT molecular complexity index is 529. The minimum atomic E-state index is -1.15. The van der Waals surface area contributed by atoms with Gasteiger partial charge in [0.2, 0.25) is 0 Å². The first-order valence-electron chi connectivity index (χ1n) is 6.60. The summed E-state index contributed by atoms with van der Waals surface area (Å²) in [5.74, 6) is 1.25. The van der Waals surface area contributed by atoms with Crippen LogP contribution < -0.4 is 5.32 Å². The molecule has 2 rings (SSSR count). The highest BCUT2D eigenvalue weighted by Crippen LogP contribution is 2.29. The van der Waals surface area contributed by atoms with Crippen molar-refractivity contribution in [2.45, 2.75) is 38.6 Å². The molecule has 2 N–H and O–H groups in total. The predicted octanol–water partition coefficient (Wildman–Crippen LogP) is 2.40. The molecular formula is C14H19NO4S. The Labute approximate surface area is 122 Å². The van der Waals surface area contributed by atoms with E-state index in [-0.39, 0.29) is 11.8 Å². The molecule has 20 heavy (non-hydrogen) atoms. The third kappa shape index (κ3) is 2.70. The van der Waals surface area contributed by atoms with Gasteiger partial charge in [0.15, 0.2) is 0 Å². The fraction of sp³-hybridized carbons (Fsp3) is 0.571. The number of aliphatic carboxylic acids is 1. The number of thioether (sulfide) groups is 1. The average Bonchev–Trinajstić information content (AvgIpc) is 2.96. The molecule has 1 aromatic heterocycles. The number of amides is 1. The van der Waals surface area contributed by atoms with Gasteiger partial charge < -0.3 is 14.8 Å². The second-order valence-electron chi connectivity index (χ2n) is 5.42. The zero-order chi connectivity index (χ0) is 14.9. The second kappa shape index (κ2) is 5.52. The van der Waals surface area contributed by atoms with Gasteiger partial charge in [0.05, 0.1) is 5.56 Å². The molecule has 1 unspecified atom stereocenters. The third-order valence-corrected chi connectivity index (χ3v) is 4.72. The number of carbonyl (C=O) groups is 2. The molecule has 0 aliphatic carbocycles. The van der Waals surface area contributed by atoms with Gasteiger partial charge >= 0.3 is 5.97 Å². The maximum atomic E-state index is 12.3. The molecule has 6 heteroatoms. The van der Waals surface area contributed by atoms with E-state index in [4.69, 9.17) is 4.42 Å². The molecule has 1 fully saturated rings. The largest absolute Gasteiger partial charge is 0.479 e. The van der Waals surface area contributed by atoms with Gasteiger partial charge in [-0.2, -0.15) is 11.8 Å². The van der Waals surface area contributed by atoms with Crippen LogP contribution in [0.4, 0.5) is 0 Å². The van der Waals surface area contributed by atoms with Crippen LogP contribution >= 0.6 is 11.8 Å². The van der Waals surface area contributed by atoms with E-state index in [2.05, 4.69) is 5.32 Å². The molecular weight excluding hydrogens is 278 g/mol. The Morgan fingerprint density at radius 1 is 1.50 bits per heavy atom. The van der Waals surface area contributed by atoms with Crippen molar-refractivity contribution in [3.05, 3.63) is 23.2 Å². The quantitative estimate of drug-likeness (QED) is 0.892. The van der Waals surface area contributed by atoms with Gasteiger partial charge in [-0.3, -0.25) is 4.79 Å². The first kappa shape index (κ1) is 15.0. The van der Waals surface area contributed by atoms with Crippen molar-refractivity contribution < 1.29 is 19.1 Å². The monoisotopic (exact) mass is 297 g/mol. The number of nitrogens with one attached hydrogen (secondary N) is 1. The highest BCUT2D eigenvalue weighted by atomic mass is 32.2. The molecule has 0 bridgehead atoms. The van der Waals surface area contributed by atoms with E-state index in [1.165, 1.54) is 0 Å². The van der Waals surface area contributed by atoms with Crippen molar-refractivity contribution in [2.24, 2.45) is 0 Å². The molecule has 0 radical (unpaired) electrons. The molecule has 5 nitrogen and oxygen atoms in total. The summed E-state index contributed by atoms with van der Waals surface area (Å²) in [5, 5.41) is 12.1. The molecule has 2 heterocycles. The number of carboxylic acid groups (broad SMARTS) is 1. The molecule has 0 spiro atoms. The Morgan fingerprint density at radius 3 is 2.65 bits per heavy atom. The van der Waals surface area contributed by atoms with Gasteiger partial charge in [-0.05, 0) is 25.2 Å². The van der Waals surface area contributed by atoms with Crippen LogP contribution in [0.25, 0.3) is 0 Å². The molecule has 1 aliphatic heterocycles. The van der Waals surface area contributed by atoms with E-state index in [0.717, 1.165) is 11.5 Å². The minimum absolute atomic E-state index is 0.186. The summed E-state index contributed by atoms with van der Waals surface area (Å²) < 4.78 is 5.54. The Morgan fingerprint density at radius 2 is 2.20 bits per heavy atom. The molecule has 1 aromatic rings. The number of hydrogen-bond donors (Lipinski definition) is 2. The van der Waals surface area contributed by atoms with E-state index in [1.807, 2.05) is 13.8 Å². The van der Waals surface area contributed by atoms with Crippen molar-refractivity contribution in [3.63, 3.8) is 0 Å². The van der Waals surface area contributed by atoms with E-state index >= 15 is 0 Å². The van der Waals surface area contributed by atoms with Crippen LogP contribution in [-0.2, 0) is 4.79 Å². The van der Waals surface area contributed by atoms with Crippen LogP contribution in [0.3, 0.4) is 0 Å². The van der Waals surface area contributed by atoms with Crippen molar-refractivity contribution in [2.75, 3.05) is 11.5 Å². The van der Waals surface area contributed by atoms with Crippen molar-refractivity contribution >= 4 is 23.6 Å². The van der Waals surface area contributed by atoms with Crippen molar-refractivity contribution in [3.8, 4) is 0 Å². The van der Waals surface area contributed by atoms with E-state index in [9.17, 15) is 14.7 Å². The summed E-state index contributed by atoms with van der Waals surface area (Å²) in [6.07, 6.45) is 0.451. The lowest BCUT2D eigenvalue weighted by Gasteiger charge is -2.24. The number of rotatable bonds is 4. The Kier molecular flexibility index (Phi) is 4.13. The van der Waals surface area contributed by atoms with Crippen molar-refractivity contribution in [1.82, 2.24) is 5.32 Å².